The Hall–Kier alpha value is -1.55. The highest BCUT2D eigenvalue weighted by atomic mass is 16.5. The quantitative estimate of drug-likeness (QED) is 0.615. The van der Waals surface area contributed by atoms with E-state index in [9.17, 15) is 4.79 Å². The zero-order valence-electron chi connectivity index (χ0n) is 16.1. The van der Waals surface area contributed by atoms with Crippen LogP contribution in [-0.4, -0.2) is 24.7 Å². The molecule has 0 aliphatic carbocycles. The number of rotatable bonds is 10. The predicted octanol–water partition coefficient (Wildman–Crippen LogP) is 4.95. The minimum Gasteiger partial charge on any atom is -0.493 e. The molecule has 0 heterocycles. The Morgan fingerprint density at radius 1 is 1.29 bits per heavy atom. The van der Waals surface area contributed by atoms with Gasteiger partial charge in [0.2, 0.25) is 0 Å². The number of hydrogen-bond donors (Lipinski definition) is 1. The van der Waals surface area contributed by atoms with Gasteiger partial charge in [0, 0.05) is 12.3 Å². The summed E-state index contributed by atoms with van der Waals surface area (Å²) < 4.78 is 11.5. The van der Waals surface area contributed by atoms with Crippen LogP contribution in [0, 0.1) is 12.8 Å². The lowest BCUT2D eigenvalue weighted by molar-refractivity contribution is -0.140. The molecule has 1 unspecified atom stereocenters. The number of carbonyl (C=O) groups excluding carboxylic acids is 1. The van der Waals surface area contributed by atoms with Gasteiger partial charge in [0.25, 0.3) is 5.91 Å². The molecule has 4 nitrogen and oxygen atoms in total. The standard InChI is InChI=1S/C20H33NO3/c1-7-9-12-23-18-11-10-17(13-16(18)5)21-19(22)20(6,24-8-2)14-15(3)4/h10-11,13,15H,7-9,12,14H2,1-6H3,(H,21,22). The molecule has 0 aromatic heterocycles. The molecule has 1 atom stereocenters. The summed E-state index contributed by atoms with van der Waals surface area (Å²) in [6.45, 7) is 13.3. The van der Waals surface area contributed by atoms with Crippen LogP contribution >= 0.6 is 0 Å². The van der Waals surface area contributed by atoms with Gasteiger partial charge in [-0.3, -0.25) is 4.79 Å². The maximum absolute atomic E-state index is 12.7. The summed E-state index contributed by atoms with van der Waals surface area (Å²) in [7, 11) is 0. The van der Waals surface area contributed by atoms with E-state index in [0.717, 1.165) is 36.4 Å². The Balaban J connectivity index is 2.79. The van der Waals surface area contributed by atoms with Gasteiger partial charge in [-0.05, 0) is 63.3 Å². The van der Waals surface area contributed by atoms with Crippen LogP contribution in [0.25, 0.3) is 0 Å². The molecule has 4 heteroatoms. The smallest absolute Gasteiger partial charge is 0.256 e. The van der Waals surface area contributed by atoms with Crippen molar-refractivity contribution in [3.05, 3.63) is 23.8 Å². The van der Waals surface area contributed by atoms with Crippen LogP contribution in [-0.2, 0) is 9.53 Å². The third kappa shape index (κ3) is 6.16. The Bertz CT molecular complexity index is 528. The maximum Gasteiger partial charge on any atom is 0.256 e. The normalized spacial score (nSPS) is 13.6. The first-order valence-electron chi connectivity index (χ1n) is 9.01. The Morgan fingerprint density at radius 3 is 2.54 bits per heavy atom. The molecule has 0 aliphatic rings. The molecule has 0 radical (unpaired) electrons. The zero-order chi connectivity index (χ0) is 18.2. The van der Waals surface area contributed by atoms with E-state index in [1.165, 1.54) is 0 Å². The highest BCUT2D eigenvalue weighted by Gasteiger charge is 2.34. The largest absolute Gasteiger partial charge is 0.493 e. The van der Waals surface area contributed by atoms with Crippen LogP contribution in [0.2, 0.25) is 0 Å². The van der Waals surface area contributed by atoms with Crippen molar-refractivity contribution < 1.29 is 14.3 Å². The van der Waals surface area contributed by atoms with Crippen LogP contribution in [0.1, 0.15) is 59.4 Å². The lowest BCUT2D eigenvalue weighted by Gasteiger charge is -2.30. The van der Waals surface area contributed by atoms with Crippen molar-refractivity contribution in [2.45, 2.75) is 66.4 Å². The Labute approximate surface area is 146 Å². The van der Waals surface area contributed by atoms with Crippen LogP contribution in [0.15, 0.2) is 18.2 Å². The summed E-state index contributed by atoms with van der Waals surface area (Å²) in [6, 6.07) is 5.75. The van der Waals surface area contributed by atoms with Gasteiger partial charge < -0.3 is 14.8 Å². The van der Waals surface area contributed by atoms with Gasteiger partial charge in [-0.1, -0.05) is 27.2 Å². The average molecular weight is 335 g/mol. The Morgan fingerprint density at radius 2 is 2.00 bits per heavy atom. The third-order valence-corrected chi connectivity index (χ3v) is 3.93. The number of carbonyl (C=O) groups is 1. The second kappa shape index (κ2) is 9.67. The number of amides is 1. The van der Waals surface area contributed by atoms with Gasteiger partial charge in [-0.2, -0.15) is 0 Å². The molecule has 0 fully saturated rings. The number of hydrogen-bond acceptors (Lipinski definition) is 3. The van der Waals surface area contributed by atoms with E-state index in [-0.39, 0.29) is 5.91 Å². The first kappa shape index (κ1) is 20.5. The number of benzene rings is 1. The SMILES string of the molecule is CCCCOc1ccc(NC(=O)C(C)(CC(C)C)OCC)cc1C. The van der Waals surface area contributed by atoms with E-state index in [4.69, 9.17) is 9.47 Å². The minimum atomic E-state index is -0.812. The number of nitrogens with one attached hydrogen (secondary N) is 1. The molecule has 0 saturated heterocycles. The van der Waals surface area contributed by atoms with E-state index < -0.39 is 5.60 Å². The fourth-order valence-corrected chi connectivity index (χ4v) is 2.79. The molecule has 1 aromatic carbocycles. The second-order valence-corrected chi connectivity index (χ2v) is 6.90. The highest BCUT2D eigenvalue weighted by molar-refractivity contribution is 5.97. The van der Waals surface area contributed by atoms with Crippen LogP contribution in [0.3, 0.4) is 0 Å². The van der Waals surface area contributed by atoms with Crippen LogP contribution in [0.4, 0.5) is 5.69 Å². The fraction of sp³-hybridized carbons (Fsp3) is 0.650. The van der Waals surface area contributed by atoms with E-state index in [1.54, 1.807) is 0 Å². The number of unbranched alkanes of at least 4 members (excludes halogenated alkanes) is 1. The van der Waals surface area contributed by atoms with Crippen molar-refractivity contribution in [3.8, 4) is 5.75 Å². The summed E-state index contributed by atoms with van der Waals surface area (Å²) in [4.78, 5) is 12.7. The van der Waals surface area contributed by atoms with Gasteiger partial charge in [-0.25, -0.2) is 0 Å². The van der Waals surface area contributed by atoms with Gasteiger partial charge in [0.05, 0.1) is 6.61 Å². The van der Waals surface area contributed by atoms with Gasteiger partial charge in [0.15, 0.2) is 0 Å². The number of ether oxygens (including phenoxy) is 2. The van der Waals surface area contributed by atoms with E-state index in [1.807, 2.05) is 39.0 Å². The molecular formula is C20H33NO3. The van der Waals surface area contributed by atoms with Crippen LogP contribution in [0.5, 0.6) is 5.75 Å². The maximum atomic E-state index is 12.7. The zero-order valence-corrected chi connectivity index (χ0v) is 16.1. The monoisotopic (exact) mass is 335 g/mol. The molecule has 0 aliphatic heterocycles. The lowest BCUT2D eigenvalue weighted by Crippen LogP contribution is -2.44. The summed E-state index contributed by atoms with van der Waals surface area (Å²) in [5.74, 6) is 1.15. The topological polar surface area (TPSA) is 47.6 Å². The second-order valence-electron chi connectivity index (χ2n) is 6.90. The summed E-state index contributed by atoms with van der Waals surface area (Å²) in [6.07, 6.45) is 2.84. The third-order valence-electron chi connectivity index (χ3n) is 3.93. The Kier molecular flexibility index (Phi) is 8.26. The summed E-state index contributed by atoms with van der Waals surface area (Å²) in [5, 5.41) is 2.99. The van der Waals surface area contributed by atoms with Crippen molar-refractivity contribution in [2.75, 3.05) is 18.5 Å². The summed E-state index contributed by atoms with van der Waals surface area (Å²) in [5.41, 5.74) is 0.980. The van der Waals surface area contributed by atoms with E-state index in [0.29, 0.717) is 18.9 Å². The molecule has 0 bridgehead atoms. The average Bonchev–Trinajstić information content (AvgIpc) is 2.49. The number of anilines is 1. The van der Waals surface area contributed by atoms with Gasteiger partial charge in [0.1, 0.15) is 11.4 Å². The molecule has 24 heavy (non-hydrogen) atoms. The van der Waals surface area contributed by atoms with Crippen molar-refractivity contribution in [3.63, 3.8) is 0 Å². The van der Waals surface area contributed by atoms with Crippen molar-refractivity contribution in [1.29, 1.82) is 0 Å². The molecule has 1 rings (SSSR count). The van der Waals surface area contributed by atoms with E-state index in [2.05, 4.69) is 26.1 Å². The number of aryl methyl sites for hydroxylation is 1. The minimum absolute atomic E-state index is 0.0999. The van der Waals surface area contributed by atoms with Crippen molar-refractivity contribution >= 4 is 11.6 Å². The van der Waals surface area contributed by atoms with Crippen LogP contribution < -0.4 is 10.1 Å². The van der Waals surface area contributed by atoms with E-state index >= 15 is 0 Å². The first-order valence-corrected chi connectivity index (χ1v) is 9.01. The van der Waals surface area contributed by atoms with Crippen molar-refractivity contribution in [1.82, 2.24) is 0 Å². The molecular weight excluding hydrogens is 302 g/mol. The highest BCUT2D eigenvalue weighted by Crippen LogP contribution is 2.26. The molecule has 136 valence electrons. The molecule has 0 spiro atoms. The summed E-state index contributed by atoms with van der Waals surface area (Å²) >= 11 is 0. The lowest BCUT2D eigenvalue weighted by atomic mass is 9.93. The van der Waals surface area contributed by atoms with Crippen molar-refractivity contribution in [2.24, 2.45) is 5.92 Å². The molecule has 1 aromatic rings. The van der Waals surface area contributed by atoms with Gasteiger partial charge >= 0.3 is 0 Å². The first-order chi connectivity index (χ1) is 11.3. The van der Waals surface area contributed by atoms with Gasteiger partial charge in [-0.15, -0.1) is 0 Å². The molecule has 1 amide bonds. The molecule has 0 saturated carbocycles. The molecule has 1 N–H and O–H groups in total. The fourth-order valence-electron chi connectivity index (χ4n) is 2.79. The predicted molar refractivity (Wildman–Crippen MR) is 99.7 cm³/mol.